The highest BCUT2D eigenvalue weighted by atomic mass is 32.2. The van der Waals surface area contributed by atoms with E-state index < -0.39 is 0 Å². The second kappa shape index (κ2) is 7.29. The molecular formula is C19H29N3S. The highest BCUT2D eigenvalue weighted by Gasteiger charge is 2.24. The molecule has 0 atom stereocenters. The zero-order chi connectivity index (χ0) is 16.4. The van der Waals surface area contributed by atoms with Crippen LogP contribution in [0.2, 0.25) is 0 Å². The third-order valence-electron chi connectivity index (χ3n) is 4.34. The highest BCUT2D eigenvalue weighted by molar-refractivity contribution is 7.95. The van der Waals surface area contributed by atoms with E-state index in [1.165, 1.54) is 34.9 Å². The van der Waals surface area contributed by atoms with Gasteiger partial charge in [0.05, 0.1) is 0 Å². The maximum atomic E-state index is 3.42. The third kappa shape index (κ3) is 4.31. The molecule has 1 aliphatic rings. The SMILES string of the molecule is CC(C)Cn1cc(CCNSN(C)C)c2ccc(C3CC3)cc21. The van der Waals surface area contributed by atoms with Crippen LogP contribution >= 0.6 is 12.1 Å². The summed E-state index contributed by atoms with van der Waals surface area (Å²) in [5, 5.41) is 1.44. The number of fused-ring (bicyclic) bond motifs is 1. The first kappa shape index (κ1) is 16.9. The summed E-state index contributed by atoms with van der Waals surface area (Å²) in [6.45, 7) is 6.69. The van der Waals surface area contributed by atoms with Crippen LogP contribution in [0.3, 0.4) is 0 Å². The fourth-order valence-corrected chi connectivity index (χ4v) is 3.61. The minimum atomic E-state index is 0.672. The Morgan fingerprint density at radius 3 is 2.74 bits per heavy atom. The smallest absolute Gasteiger partial charge is 0.0486 e. The van der Waals surface area contributed by atoms with E-state index in [0.29, 0.717) is 5.92 Å². The Kier molecular flexibility index (Phi) is 5.34. The number of nitrogens with zero attached hydrogens (tertiary/aromatic N) is 2. The molecule has 0 radical (unpaired) electrons. The lowest BCUT2D eigenvalue weighted by molar-refractivity contribution is 0.534. The van der Waals surface area contributed by atoms with E-state index in [-0.39, 0.29) is 0 Å². The van der Waals surface area contributed by atoms with Crippen LogP contribution in [-0.2, 0) is 13.0 Å². The molecule has 4 heteroatoms. The van der Waals surface area contributed by atoms with Crippen molar-refractivity contribution in [2.75, 3.05) is 20.6 Å². The van der Waals surface area contributed by atoms with Crippen LogP contribution in [0.4, 0.5) is 0 Å². The maximum Gasteiger partial charge on any atom is 0.0486 e. The predicted octanol–water partition coefficient (Wildman–Crippen LogP) is 4.43. The van der Waals surface area contributed by atoms with Crippen molar-refractivity contribution in [2.45, 2.75) is 45.6 Å². The molecule has 1 aromatic heterocycles. The van der Waals surface area contributed by atoms with E-state index in [2.05, 4.69) is 65.9 Å². The van der Waals surface area contributed by atoms with Gasteiger partial charge in [-0.1, -0.05) is 26.0 Å². The molecule has 3 nitrogen and oxygen atoms in total. The van der Waals surface area contributed by atoms with Gasteiger partial charge in [-0.3, -0.25) is 4.72 Å². The Bertz CT molecular complexity index is 656. The van der Waals surface area contributed by atoms with Crippen LogP contribution in [0.5, 0.6) is 0 Å². The van der Waals surface area contributed by atoms with Crippen LogP contribution < -0.4 is 4.72 Å². The Hall–Kier alpha value is -0.970. The van der Waals surface area contributed by atoms with E-state index in [1.807, 2.05) is 0 Å². The first-order chi connectivity index (χ1) is 11.0. The normalized spacial score (nSPS) is 15.2. The van der Waals surface area contributed by atoms with Gasteiger partial charge < -0.3 is 4.57 Å². The first-order valence-corrected chi connectivity index (χ1v) is 9.50. The molecule has 1 heterocycles. The second-order valence-electron chi connectivity index (χ2n) is 7.30. The molecule has 1 aromatic carbocycles. The van der Waals surface area contributed by atoms with Crippen molar-refractivity contribution >= 4 is 23.0 Å². The third-order valence-corrected chi connectivity index (χ3v) is 5.04. The summed E-state index contributed by atoms with van der Waals surface area (Å²) in [6.07, 6.45) is 6.19. The van der Waals surface area contributed by atoms with Crippen LogP contribution in [0, 0.1) is 5.92 Å². The molecule has 0 unspecified atom stereocenters. The van der Waals surface area contributed by atoms with Crippen LogP contribution in [0.15, 0.2) is 24.4 Å². The molecule has 2 aromatic rings. The molecule has 1 saturated carbocycles. The molecule has 1 N–H and O–H groups in total. The Morgan fingerprint density at radius 2 is 2.09 bits per heavy atom. The van der Waals surface area contributed by atoms with Gasteiger partial charge in [-0.25, -0.2) is 4.31 Å². The van der Waals surface area contributed by atoms with E-state index in [9.17, 15) is 0 Å². The van der Waals surface area contributed by atoms with E-state index in [0.717, 1.165) is 25.4 Å². The van der Waals surface area contributed by atoms with Gasteiger partial charge in [0.25, 0.3) is 0 Å². The van der Waals surface area contributed by atoms with E-state index in [4.69, 9.17) is 0 Å². The summed E-state index contributed by atoms with van der Waals surface area (Å²) in [6, 6.07) is 7.15. The van der Waals surface area contributed by atoms with Gasteiger partial charge in [-0.05, 0) is 62.4 Å². The molecule has 0 bridgehead atoms. The van der Waals surface area contributed by atoms with Crippen molar-refractivity contribution in [1.29, 1.82) is 0 Å². The fourth-order valence-electron chi connectivity index (χ4n) is 3.16. The maximum absolute atomic E-state index is 3.42. The molecule has 126 valence electrons. The number of aromatic nitrogens is 1. The Morgan fingerprint density at radius 1 is 1.30 bits per heavy atom. The van der Waals surface area contributed by atoms with Crippen molar-refractivity contribution in [3.63, 3.8) is 0 Å². The summed E-state index contributed by atoms with van der Waals surface area (Å²) in [5.74, 6) is 1.49. The number of rotatable bonds is 8. The molecule has 0 saturated heterocycles. The van der Waals surface area contributed by atoms with Gasteiger partial charge in [0, 0.05) is 42.3 Å². The summed E-state index contributed by atoms with van der Waals surface area (Å²) in [7, 11) is 4.12. The largest absolute Gasteiger partial charge is 0.347 e. The number of hydrogen-bond donors (Lipinski definition) is 1. The van der Waals surface area contributed by atoms with Crippen molar-refractivity contribution in [2.24, 2.45) is 5.92 Å². The lowest BCUT2D eigenvalue weighted by Gasteiger charge is -2.09. The van der Waals surface area contributed by atoms with Gasteiger partial charge in [-0.15, -0.1) is 0 Å². The summed E-state index contributed by atoms with van der Waals surface area (Å²) >= 11 is 1.66. The minimum Gasteiger partial charge on any atom is -0.347 e. The molecule has 3 rings (SSSR count). The Balaban J connectivity index is 1.82. The highest BCUT2D eigenvalue weighted by Crippen LogP contribution is 2.41. The Labute approximate surface area is 144 Å². The molecule has 0 aliphatic heterocycles. The lowest BCUT2D eigenvalue weighted by Crippen LogP contribution is -2.15. The zero-order valence-electron chi connectivity index (χ0n) is 14.8. The van der Waals surface area contributed by atoms with Gasteiger partial charge in [0.2, 0.25) is 0 Å². The van der Waals surface area contributed by atoms with Crippen molar-refractivity contribution in [1.82, 2.24) is 13.6 Å². The van der Waals surface area contributed by atoms with Gasteiger partial charge in [0.15, 0.2) is 0 Å². The van der Waals surface area contributed by atoms with Crippen molar-refractivity contribution in [3.8, 4) is 0 Å². The average Bonchev–Trinajstić information content (AvgIpc) is 3.28. The van der Waals surface area contributed by atoms with E-state index in [1.54, 1.807) is 12.1 Å². The summed E-state index contributed by atoms with van der Waals surface area (Å²) < 4.78 is 7.98. The molecule has 0 spiro atoms. The van der Waals surface area contributed by atoms with Gasteiger partial charge >= 0.3 is 0 Å². The van der Waals surface area contributed by atoms with Gasteiger partial charge in [0.1, 0.15) is 0 Å². The predicted molar refractivity (Wildman–Crippen MR) is 102 cm³/mol. The molecule has 23 heavy (non-hydrogen) atoms. The quantitative estimate of drug-likeness (QED) is 0.571. The number of hydrogen-bond acceptors (Lipinski definition) is 3. The van der Waals surface area contributed by atoms with Gasteiger partial charge in [-0.2, -0.15) is 0 Å². The molecule has 1 aliphatic carbocycles. The zero-order valence-corrected chi connectivity index (χ0v) is 15.6. The first-order valence-electron chi connectivity index (χ1n) is 8.73. The molecular weight excluding hydrogens is 302 g/mol. The van der Waals surface area contributed by atoms with Crippen LogP contribution in [0.1, 0.15) is 43.7 Å². The minimum absolute atomic E-state index is 0.672. The van der Waals surface area contributed by atoms with Crippen LogP contribution in [-0.4, -0.2) is 29.5 Å². The average molecular weight is 332 g/mol. The second-order valence-corrected chi connectivity index (χ2v) is 8.50. The lowest BCUT2D eigenvalue weighted by atomic mass is 10.1. The van der Waals surface area contributed by atoms with Crippen LogP contribution in [0.25, 0.3) is 10.9 Å². The summed E-state index contributed by atoms with van der Waals surface area (Å²) in [4.78, 5) is 0. The molecule has 0 amide bonds. The number of benzene rings is 1. The van der Waals surface area contributed by atoms with E-state index >= 15 is 0 Å². The topological polar surface area (TPSA) is 20.2 Å². The standard InChI is InChI=1S/C19H29N3S/c1-14(2)12-22-13-17(9-10-20-23-21(3)4)18-8-7-16(11-19(18)22)15-5-6-15/h7-8,11,13-15,20H,5-6,9-10,12H2,1-4H3. The molecule has 1 fully saturated rings. The van der Waals surface area contributed by atoms with Crippen molar-refractivity contribution < 1.29 is 0 Å². The monoisotopic (exact) mass is 331 g/mol. The van der Waals surface area contributed by atoms with Crippen molar-refractivity contribution in [3.05, 3.63) is 35.5 Å². The number of nitrogens with one attached hydrogen (secondary N) is 1. The summed E-state index contributed by atoms with van der Waals surface area (Å²) in [5.41, 5.74) is 4.43. The fraction of sp³-hybridized carbons (Fsp3) is 0.579.